The Balaban J connectivity index is 1.87. The number of ketones is 1. The van der Waals surface area contributed by atoms with Gasteiger partial charge >= 0.3 is 0 Å². The molecule has 4 heteroatoms. The number of rotatable bonds is 2. The van der Waals surface area contributed by atoms with Crippen LogP contribution in [0.25, 0.3) is 0 Å². The maximum Gasteiger partial charge on any atom is 0.232 e. The van der Waals surface area contributed by atoms with Crippen molar-refractivity contribution in [2.75, 3.05) is 4.90 Å². The molecule has 0 aromatic heterocycles. The minimum Gasteiger partial charge on any atom is -0.294 e. The van der Waals surface area contributed by atoms with Gasteiger partial charge in [0.15, 0.2) is 5.78 Å². The van der Waals surface area contributed by atoms with Crippen LogP contribution in [0.1, 0.15) is 55.7 Å². The SMILES string of the molecule is Cc1ccc(C2CC(=O)N(c3ccc(C#N)cc3)C3=C2C(=O)CC(C)(C)C3)cc1. The molecule has 146 valence electrons. The highest BCUT2D eigenvalue weighted by Crippen LogP contribution is 2.48. The second kappa shape index (κ2) is 7.00. The molecule has 0 spiro atoms. The van der Waals surface area contributed by atoms with Gasteiger partial charge in [0.1, 0.15) is 0 Å². The van der Waals surface area contributed by atoms with Gasteiger partial charge in [0.05, 0.1) is 11.6 Å². The first-order valence-electron chi connectivity index (χ1n) is 9.95. The highest BCUT2D eigenvalue weighted by atomic mass is 16.2. The Labute approximate surface area is 171 Å². The molecule has 29 heavy (non-hydrogen) atoms. The molecule has 2 aliphatic rings. The van der Waals surface area contributed by atoms with E-state index in [1.807, 2.05) is 31.2 Å². The van der Waals surface area contributed by atoms with Crippen LogP contribution < -0.4 is 4.90 Å². The number of amides is 1. The Morgan fingerprint density at radius 1 is 1.00 bits per heavy atom. The Morgan fingerprint density at radius 3 is 2.28 bits per heavy atom. The number of nitriles is 1. The summed E-state index contributed by atoms with van der Waals surface area (Å²) in [5, 5.41) is 9.08. The molecule has 0 saturated carbocycles. The summed E-state index contributed by atoms with van der Waals surface area (Å²) in [5.41, 5.74) is 4.83. The lowest BCUT2D eigenvalue weighted by atomic mass is 9.69. The van der Waals surface area contributed by atoms with E-state index >= 15 is 0 Å². The molecule has 0 radical (unpaired) electrons. The normalized spacial score (nSPS) is 21.0. The molecule has 4 rings (SSSR count). The molecule has 1 aliphatic heterocycles. The van der Waals surface area contributed by atoms with Crippen LogP contribution >= 0.6 is 0 Å². The molecule has 0 N–H and O–H groups in total. The van der Waals surface area contributed by atoms with Crippen molar-refractivity contribution in [1.29, 1.82) is 5.26 Å². The van der Waals surface area contributed by atoms with Crippen LogP contribution in [-0.2, 0) is 9.59 Å². The number of aryl methyl sites for hydroxylation is 1. The van der Waals surface area contributed by atoms with Gasteiger partial charge in [0.2, 0.25) is 5.91 Å². The third kappa shape index (κ3) is 3.49. The molecule has 2 aromatic carbocycles. The van der Waals surface area contributed by atoms with E-state index < -0.39 is 0 Å². The summed E-state index contributed by atoms with van der Waals surface area (Å²) in [4.78, 5) is 28.2. The van der Waals surface area contributed by atoms with Crippen LogP contribution in [0.4, 0.5) is 5.69 Å². The highest BCUT2D eigenvalue weighted by Gasteiger charge is 2.44. The van der Waals surface area contributed by atoms with Crippen molar-refractivity contribution in [1.82, 2.24) is 0 Å². The molecule has 2 aromatic rings. The van der Waals surface area contributed by atoms with Crippen molar-refractivity contribution in [2.24, 2.45) is 5.41 Å². The summed E-state index contributed by atoms with van der Waals surface area (Å²) in [6.45, 7) is 6.18. The van der Waals surface area contributed by atoms with Crippen LogP contribution in [0.5, 0.6) is 0 Å². The van der Waals surface area contributed by atoms with Crippen molar-refractivity contribution >= 4 is 17.4 Å². The Morgan fingerprint density at radius 2 is 1.66 bits per heavy atom. The maximum atomic E-state index is 13.3. The first-order valence-corrected chi connectivity index (χ1v) is 9.95. The predicted octanol–water partition coefficient (Wildman–Crippen LogP) is 5.03. The van der Waals surface area contributed by atoms with Gasteiger partial charge in [0.25, 0.3) is 0 Å². The summed E-state index contributed by atoms with van der Waals surface area (Å²) in [7, 11) is 0. The number of hydrogen-bond donors (Lipinski definition) is 0. The predicted molar refractivity (Wildman–Crippen MR) is 112 cm³/mol. The van der Waals surface area contributed by atoms with E-state index in [-0.39, 0.29) is 29.4 Å². The van der Waals surface area contributed by atoms with Crippen molar-refractivity contribution in [3.63, 3.8) is 0 Å². The molecule has 4 nitrogen and oxygen atoms in total. The minimum absolute atomic E-state index is 0.00969. The summed E-state index contributed by atoms with van der Waals surface area (Å²) in [6.07, 6.45) is 1.43. The Bertz CT molecular complexity index is 1050. The average molecular weight is 384 g/mol. The third-order valence-electron chi connectivity index (χ3n) is 5.88. The molecular weight excluding hydrogens is 360 g/mol. The molecule has 1 amide bonds. The van der Waals surface area contributed by atoms with E-state index in [9.17, 15) is 9.59 Å². The number of anilines is 1. The highest BCUT2D eigenvalue weighted by molar-refractivity contribution is 6.07. The molecule has 1 atom stereocenters. The summed E-state index contributed by atoms with van der Waals surface area (Å²) in [5.74, 6) is -0.0752. The number of carbonyl (C=O) groups excluding carboxylic acids is 2. The average Bonchev–Trinajstić information content (AvgIpc) is 2.67. The van der Waals surface area contributed by atoms with Crippen molar-refractivity contribution < 1.29 is 9.59 Å². The van der Waals surface area contributed by atoms with Gasteiger partial charge < -0.3 is 0 Å². The van der Waals surface area contributed by atoms with Gasteiger partial charge in [-0.25, -0.2) is 0 Å². The number of nitrogens with zero attached hydrogens (tertiary/aromatic N) is 2. The first-order chi connectivity index (χ1) is 13.8. The summed E-state index contributed by atoms with van der Waals surface area (Å²) >= 11 is 0. The fourth-order valence-electron chi connectivity index (χ4n) is 4.48. The van der Waals surface area contributed by atoms with E-state index in [0.29, 0.717) is 24.1 Å². The fourth-order valence-corrected chi connectivity index (χ4v) is 4.48. The van der Waals surface area contributed by atoms with Crippen LogP contribution in [0, 0.1) is 23.7 Å². The minimum atomic E-state index is -0.198. The lowest BCUT2D eigenvalue weighted by Gasteiger charge is -2.43. The fraction of sp³-hybridized carbons (Fsp3) is 0.320. The molecule has 1 unspecified atom stereocenters. The molecule has 0 saturated heterocycles. The van der Waals surface area contributed by atoms with Crippen molar-refractivity contribution in [2.45, 2.75) is 46.0 Å². The number of hydrogen-bond acceptors (Lipinski definition) is 3. The van der Waals surface area contributed by atoms with Crippen molar-refractivity contribution in [3.8, 4) is 6.07 Å². The van der Waals surface area contributed by atoms with Gasteiger partial charge in [-0.3, -0.25) is 14.5 Å². The zero-order valence-corrected chi connectivity index (χ0v) is 17.0. The van der Waals surface area contributed by atoms with Gasteiger partial charge in [-0.15, -0.1) is 0 Å². The number of Topliss-reactive ketones (excluding diaryl/α,β-unsaturated/α-hetero) is 1. The number of allylic oxidation sites excluding steroid dienone is 2. The second-order valence-electron chi connectivity index (χ2n) is 8.86. The number of benzene rings is 2. The van der Waals surface area contributed by atoms with E-state index in [1.54, 1.807) is 29.2 Å². The summed E-state index contributed by atoms with van der Waals surface area (Å²) < 4.78 is 0. The lowest BCUT2D eigenvalue weighted by molar-refractivity contribution is -0.121. The van der Waals surface area contributed by atoms with Gasteiger partial charge in [0, 0.05) is 35.7 Å². The van der Waals surface area contributed by atoms with Crippen LogP contribution in [0.3, 0.4) is 0 Å². The lowest BCUT2D eigenvalue weighted by Crippen LogP contribution is -2.43. The largest absolute Gasteiger partial charge is 0.294 e. The van der Waals surface area contributed by atoms with Crippen LogP contribution in [-0.4, -0.2) is 11.7 Å². The molecule has 0 fully saturated rings. The van der Waals surface area contributed by atoms with E-state index in [2.05, 4.69) is 19.9 Å². The topological polar surface area (TPSA) is 61.2 Å². The molecule has 1 heterocycles. The zero-order valence-electron chi connectivity index (χ0n) is 17.0. The first kappa shape index (κ1) is 19.1. The van der Waals surface area contributed by atoms with Gasteiger partial charge in [-0.1, -0.05) is 43.7 Å². The standard InChI is InChI=1S/C25H24N2O2/c1-16-4-8-18(9-5-16)20-12-23(29)27(19-10-6-17(15-26)7-11-19)21-13-25(2,3)14-22(28)24(20)21/h4-11,20H,12-14H2,1-3H3. The van der Waals surface area contributed by atoms with E-state index in [0.717, 1.165) is 22.4 Å². The maximum absolute atomic E-state index is 13.3. The van der Waals surface area contributed by atoms with E-state index in [4.69, 9.17) is 5.26 Å². The third-order valence-corrected chi connectivity index (χ3v) is 5.88. The van der Waals surface area contributed by atoms with Crippen LogP contribution in [0.2, 0.25) is 0 Å². The van der Waals surface area contributed by atoms with Gasteiger partial charge in [-0.2, -0.15) is 5.26 Å². The van der Waals surface area contributed by atoms with E-state index in [1.165, 1.54) is 0 Å². The molecule has 0 bridgehead atoms. The smallest absolute Gasteiger partial charge is 0.232 e. The number of carbonyl (C=O) groups is 2. The monoisotopic (exact) mass is 384 g/mol. The van der Waals surface area contributed by atoms with Crippen LogP contribution in [0.15, 0.2) is 59.8 Å². The molecular formula is C25H24N2O2. The van der Waals surface area contributed by atoms with Gasteiger partial charge in [-0.05, 0) is 48.6 Å². The Kier molecular flexibility index (Phi) is 4.62. The second-order valence-corrected chi connectivity index (χ2v) is 8.86. The quantitative estimate of drug-likeness (QED) is 0.729. The Hall–Kier alpha value is -3.19. The van der Waals surface area contributed by atoms with Crippen molar-refractivity contribution in [3.05, 3.63) is 76.5 Å². The summed E-state index contributed by atoms with van der Waals surface area (Å²) in [6, 6.07) is 17.2. The molecule has 1 aliphatic carbocycles. The zero-order chi connectivity index (χ0) is 20.8.